The lowest BCUT2D eigenvalue weighted by atomic mass is 10.1. The highest BCUT2D eigenvalue weighted by Gasteiger charge is 2.32. The third-order valence-electron chi connectivity index (χ3n) is 5.93. The van der Waals surface area contributed by atoms with Crippen LogP contribution in [0.1, 0.15) is 79.6 Å². The Hall–Kier alpha value is -2.44. The fraction of sp³-hybridized carbons (Fsp3) is 0.692. The number of ether oxygens (including phenoxy) is 2. The third-order valence-corrected chi connectivity index (χ3v) is 10.6. The van der Waals surface area contributed by atoms with Crippen LogP contribution in [0.2, 0.25) is 18.1 Å². The molecule has 0 saturated heterocycles. The molecule has 0 rings (SSSR count). The average molecular weight is 510 g/mol. The Balaban J connectivity index is 5.21. The molecule has 198 valence electrons. The fourth-order valence-electron chi connectivity index (χ4n) is 3.61. The van der Waals surface area contributed by atoms with Crippen molar-refractivity contribution in [3.05, 3.63) is 40.7 Å². The van der Waals surface area contributed by atoms with E-state index in [-0.39, 0.29) is 49.4 Å². The molecule has 1 atom stereocenters. The normalized spacial score (nSPS) is 13.5. The lowest BCUT2D eigenvalue weighted by Gasteiger charge is -2.31. The minimum Gasteiger partial charge on any atom is -0.505 e. The number of hydrogen-bond acceptors (Lipinski definition) is 7. The second kappa shape index (κ2) is 19.8. The molecule has 0 heterocycles. The summed E-state index contributed by atoms with van der Waals surface area (Å²) in [5.41, 5.74) is 0.0638. The first-order chi connectivity index (χ1) is 16.8. The Morgan fingerprint density at radius 3 is 2.06 bits per heavy atom. The Morgan fingerprint density at radius 2 is 1.51 bits per heavy atom. The molecule has 0 aliphatic carbocycles. The molecule has 0 aromatic rings. The maximum absolute atomic E-state index is 11.6. The molecular formula is C26H45N2O6Si+. The molecule has 35 heavy (non-hydrogen) atoms. The average Bonchev–Trinajstić information content (AvgIpc) is 2.84. The van der Waals surface area contributed by atoms with Gasteiger partial charge in [-0.3, -0.25) is 9.59 Å². The largest absolute Gasteiger partial charge is 0.505 e. The van der Waals surface area contributed by atoms with Crippen molar-refractivity contribution in [1.29, 1.82) is 5.39 Å². The summed E-state index contributed by atoms with van der Waals surface area (Å²) in [4.78, 5) is 26.2. The molecule has 8 nitrogen and oxygen atoms in total. The molecular weight excluding hydrogens is 464 g/mol. The van der Waals surface area contributed by atoms with Gasteiger partial charge in [-0.25, -0.2) is 0 Å². The first kappa shape index (κ1) is 32.6. The van der Waals surface area contributed by atoms with Gasteiger partial charge in [0.2, 0.25) is 5.39 Å². The number of diazo groups is 1. The molecule has 9 heteroatoms. The van der Waals surface area contributed by atoms with Gasteiger partial charge in [0.1, 0.15) is 0 Å². The van der Waals surface area contributed by atoms with Crippen molar-refractivity contribution < 1.29 is 28.6 Å². The Bertz CT molecular complexity index is 745. The first-order valence-corrected chi connectivity index (χ1v) is 15.4. The summed E-state index contributed by atoms with van der Waals surface area (Å²) in [5, 5.41) is 20.0. The Morgan fingerprint density at radius 1 is 0.914 bits per heavy atom. The zero-order chi connectivity index (χ0) is 26.5. The Labute approximate surface area is 212 Å². The molecule has 0 aliphatic heterocycles. The van der Waals surface area contributed by atoms with Gasteiger partial charge >= 0.3 is 17.6 Å². The minimum atomic E-state index is -1.96. The van der Waals surface area contributed by atoms with E-state index in [1.54, 1.807) is 13.8 Å². The molecule has 0 radical (unpaired) electrons. The van der Waals surface area contributed by atoms with E-state index < -0.39 is 14.3 Å². The molecule has 0 aromatic heterocycles. The van der Waals surface area contributed by atoms with Crippen LogP contribution in [0, 0.1) is 5.39 Å². The van der Waals surface area contributed by atoms with Crippen LogP contribution in [0.25, 0.3) is 4.98 Å². The molecule has 0 amide bonds. The molecule has 0 spiro atoms. The molecule has 1 N–H and O–H groups in total. The van der Waals surface area contributed by atoms with Gasteiger partial charge in [0.05, 0.1) is 32.2 Å². The van der Waals surface area contributed by atoms with Gasteiger partial charge in [-0.2, -0.15) is 0 Å². The molecule has 0 aliphatic rings. The monoisotopic (exact) mass is 509 g/mol. The fourth-order valence-corrected chi connectivity index (χ4v) is 6.42. The van der Waals surface area contributed by atoms with Crippen molar-refractivity contribution in [3.63, 3.8) is 0 Å². The summed E-state index contributed by atoms with van der Waals surface area (Å²) >= 11 is 0. The van der Waals surface area contributed by atoms with Crippen LogP contribution in [0.3, 0.4) is 0 Å². The van der Waals surface area contributed by atoms with Crippen molar-refractivity contribution in [1.82, 2.24) is 0 Å². The highest BCUT2D eigenvalue weighted by atomic mass is 28.4. The van der Waals surface area contributed by atoms with E-state index in [2.05, 4.69) is 25.7 Å². The number of allylic oxidation sites excluding steroid dienone is 4. The van der Waals surface area contributed by atoms with E-state index >= 15 is 0 Å². The second-order valence-electron chi connectivity index (χ2n) is 8.27. The minimum absolute atomic E-state index is 0.0229. The summed E-state index contributed by atoms with van der Waals surface area (Å²) in [6.07, 6.45) is 10.6. The first-order valence-electron chi connectivity index (χ1n) is 12.9. The lowest BCUT2D eigenvalue weighted by molar-refractivity contribution is -0.144. The zero-order valence-electron chi connectivity index (χ0n) is 22.3. The number of unbranched alkanes of at least 4 members (excludes halogenated alkanes) is 2. The Kier molecular flexibility index (Phi) is 18.4. The summed E-state index contributed by atoms with van der Waals surface area (Å²) in [5.74, 6) is -0.660. The predicted molar refractivity (Wildman–Crippen MR) is 141 cm³/mol. The molecule has 0 aromatic carbocycles. The van der Waals surface area contributed by atoms with Crippen LogP contribution in [-0.2, 0) is 23.5 Å². The van der Waals surface area contributed by atoms with E-state index in [1.165, 1.54) is 0 Å². The summed E-state index contributed by atoms with van der Waals surface area (Å²) in [7, 11) is -1.96. The van der Waals surface area contributed by atoms with Gasteiger partial charge in [0, 0.05) is 12.8 Å². The number of nitrogens with zero attached hydrogens (tertiary/aromatic N) is 2. The van der Waals surface area contributed by atoms with E-state index in [9.17, 15) is 20.1 Å². The second-order valence-corrected chi connectivity index (χ2v) is 13.0. The highest BCUT2D eigenvalue weighted by molar-refractivity contribution is 6.73. The molecule has 0 fully saturated rings. The van der Waals surface area contributed by atoms with Crippen molar-refractivity contribution in [3.8, 4) is 0 Å². The predicted octanol–water partition coefficient (Wildman–Crippen LogP) is 6.97. The smallest absolute Gasteiger partial charge is 0.399 e. The zero-order valence-corrected chi connectivity index (χ0v) is 23.3. The maximum Gasteiger partial charge on any atom is 0.399 e. The number of carbonyl (C=O) groups is 2. The van der Waals surface area contributed by atoms with Crippen molar-refractivity contribution in [2.24, 2.45) is 0 Å². The van der Waals surface area contributed by atoms with E-state index in [0.29, 0.717) is 13.0 Å². The van der Waals surface area contributed by atoms with E-state index in [0.717, 1.165) is 37.4 Å². The number of esters is 2. The van der Waals surface area contributed by atoms with Crippen LogP contribution in [0.4, 0.5) is 0 Å². The topological polar surface area (TPSA) is 110 Å². The van der Waals surface area contributed by atoms with Gasteiger partial charge in [-0.05, 0) is 51.2 Å². The van der Waals surface area contributed by atoms with Crippen molar-refractivity contribution in [2.75, 3.05) is 13.2 Å². The third kappa shape index (κ3) is 14.5. The maximum atomic E-state index is 11.6. The SMILES string of the molecule is CCOC(=O)CCCC/C=C\C=C\C(C/C(O)=C(/CCC(=O)OCC)[N+]#N)O[Si](CC)(CC)CC. The summed E-state index contributed by atoms with van der Waals surface area (Å²) < 4.78 is 16.4. The number of aliphatic hydroxyl groups excluding tert-OH is 1. The van der Waals surface area contributed by atoms with Crippen LogP contribution in [0.15, 0.2) is 35.8 Å². The molecule has 1 unspecified atom stereocenters. The number of hydrogen-bond donors (Lipinski definition) is 1. The van der Waals surface area contributed by atoms with Gasteiger partial charge in [0.15, 0.2) is 19.1 Å². The number of rotatable bonds is 19. The van der Waals surface area contributed by atoms with Crippen molar-refractivity contribution in [2.45, 2.75) is 104 Å². The highest BCUT2D eigenvalue weighted by Crippen LogP contribution is 2.27. The van der Waals surface area contributed by atoms with Gasteiger partial charge in [0.25, 0.3) is 0 Å². The van der Waals surface area contributed by atoms with E-state index in [4.69, 9.17) is 13.9 Å². The number of carbonyl (C=O) groups excluding carboxylic acids is 2. The van der Waals surface area contributed by atoms with Crippen LogP contribution >= 0.6 is 0 Å². The summed E-state index contributed by atoms with van der Waals surface area (Å²) in [6, 6.07) is 2.89. The van der Waals surface area contributed by atoms with Gasteiger partial charge in [-0.1, -0.05) is 45.1 Å². The molecule has 0 saturated carbocycles. The van der Waals surface area contributed by atoms with E-state index in [1.807, 2.05) is 24.3 Å². The van der Waals surface area contributed by atoms with Crippen LogP contribution in [0.5, 0.6) is 0 Å². The molecule has 0 bridgehead atoms. The quantitative estimate of drug-likeness (QED) is 0.0500. The van der Waals surface area contributed by atoms with Gasteiger partial charge < -0.3 is 19.0 Å². The standard InChI is InChI=1S/C26H44N2O6Si/c1-6-32-25(30)18-16-14-12-11-13-15-17-22(34-35(8-3,9-4)10-5)21-24(29)23(28-27)19-20-26(31)33-7-2/h11,13,15,17,22H,6-10,12,14,16,18-21H2,1-5H3/p+1/b13-11-,17-15+,24-23+. The van der Waals surface area contributed by atoms with Crippen LogP contribution in [-0.4, -0.2) is 44.7 Å². The summed E-state index contributed by atoms with van der Waals surface area (Å²) in [6.45, 7) is 10.6. The number of aliphatic hydroxyl groups is 1. The van der Waals surface area contributed by atoms with Gasteiger partial charge in [-0.15, -0.1) is 0 Å². The lowest BCUT2D eigenvalue weighted by Crippen LogP contribution is -2.39. The van der Waals surface area contributed by atoms with Crippen molar-refractivity contribution >= 4 is 20.3 Å². The van der Waals surface area contributed by atoms with Crippen LogP contribution < -0.4 is 0 Å².